The van der Waals surface area contributed by atoms with Crippen LogP contribution in [-0.4, -0.2) is 25.0 Å². The second-order valence-electron chi connectivity index (χ2n) is 5.33. The Morgan fingerprint density at radius 3 is 1.95 bits per heavy atom. The third kappa shape index (κ3) is 9.43. The summed E-state index contributed by atoms with van der Waals surface area (Å²) in [4.78, 5) is 0. The van der Waals surface area contributed by atoms with Crippen molar-refractivity contribution in [1.29, 1.82) is 0 Å². The van der Waals surface area contributed by atoms with Crippen molar-refractivity contribution >= 4 is 18.4 Å². The van der Waals surface area contributed by atoms with Crippen LogP contribution in [0.4, 0.5) is 0 Å². The van der Waals surface area contributed by atoms with Crippen molar-refractivity contribution in [2.24, 2.45) is 0 Å². The van der Waals surface area contributed by atoms with Gasteiger partial charge in [-0.2, -0.15) is 0 Å². The van der Waals surface area contributed by atoms with Crippen LogP contribution in [0.3, 0.4) is 0 Å². The molecule has 0 aliphatic carbocycles. The van der Waals surface area contributed by atoms with Crippen LogP contribution in [0, 0.1) is 9.86 Å². The van der Waals surface area contributed by atoms with Crippen LogP contribution >= 0.6 is 0 Å². The van der Waals surface area contributed by atoms with Gasteiger partial charge in [-0.05, 0) is 0 Å². The molecule has 0 heterocycles. The Morgan fingerprint density at radius 1 is 0.895 bits per heavy atom. The first-order chi connectivity index (χ1) is 9.24. The van der Waals surface area contributed by atoms with Gasteiger partial charge in [0.05, 0.1) is 0 Å². The van der Waals surface area contributed by atoms with E-state index in [0.29, 0.717) is 0 Å². The Morgan fingerprint density at radius 2 is 1.47 bits per heavy atom. The van der Waals surface area contributed by atoms with Crippen LogP contribution in [-0.2, 0) is 4.74 Å². The van der Waals surface area contributed by atoms with E-state index in [0.717, 1.165) is 13.0 Å². The fourth-order valence-electron chi connectivity index (χ4n) is 2.57. The van der Waals surface area contributed by atoms with Crippen LogP contribution in [0.2, 0.25) is 13.3 Å². The molecule has 0 radical (unpaired) electrons. The SMILES string of the molecule is CCCCOC=CC#[C][Sn]([CH2]CC)([CH2]CC)[CH2]CC. The van der Waals surface area contributed by atoms with Crippen molar-refractivity contribution in [1.82, 2.24) is 0 Å². The molecule has 0 aliphatic heterocycles. The van der Waals surface area contributed by atoms with Crippen molar-refractivity contribution in [2.45, 2.75) is 73.1 Å². The van der Waals surface area contributed by atoms with Crippen LogP contribution in [0.15, 0.2) is 12.3 Å². The van der Waals surface area contributed by atoms with Crippen molar-refractivity contribution in [2.75, 3.05) is 6.61 Å². The molecule has 0 amide bonds. The van der Waals surface area contributed by atoms with Crippen LogP contribution in [0.25, 0.3) is 0 Å². The first-order valence-corrected chi connectivity index (χ1v) is 15.5. The maximum absolute atomic E-state index is 5.41. The summed E-state index contributed by atoms with van der Waals surface area (Å²) in [5, 5.41) is 0. The van der Waals surface area contributed by atoms with Gasteiger partial charge in [-0.15, -0.1) is 0 Å². The topological polar surface area (TPSA) is 9.23 Å². The summed E-state index contributed by atoms with van der Waals surface area (Å²) < 4.78 is 13.4. The average molecular weight is 371 g/mol. The quantitative estimate of drug-likeness (QED) is 0.212. The zero-order chi connectivity index (χ0) is 14.4. The van der Waals surface area contributed by atoms with Crippen molar-refractivity contribution in [3.8, 4) is 9.86 Å². The molecule has 0 fully saturated rings. The zero-order valence-corrected chi connectivity index (χ0v) is 16.3. The number of unbranched alkanes of at least 4 members (excludes halogenated alkanes) is 1. The summed E-state index contributed by atoms with van der Waals surface area (Å²) in [6.45, 7) is 9.92. The zero-order valence-electron chi connectivity index (χ0n) is 13.4. The second kappa shape index (κ2) is 12.9. The predicted octanol–water partition coefficient (Wildman–Crippen LogP) is 5.54. The molecule has 0 atom stereocenters. The van der Waals surface area contributed by atoms with E-state index in [1.807, 2.05) is 6.08 Å². The second-order valence-corrected chi connectivity index (χ2v) is 17.6. The Hall–Kier alpha value is -0.101. The third-order valence-corrected chi connectivity index (χ3v) is 17.8. The summed E-state index contributed by atoms with van der Waals surface area (Å²) in [5.41, 5.74) is 0. The average Bonchev–Trinajstić information content (AvgIpc) is 2.39. The molecular formula is C17H32OSn. The van der Waals surface area contributed by atoms with Gasteiger partial charge >= 0.3 is 125 Å². The van der Waals surface area contributed by atoms with Gasteiger partial charge in [-0.3, -0.25) is 0 Å². The van der Waals surface area contributed by atoms with Crippen molar-refractivity contribution in [3.63, 3.8) is 0 Å². The fourth-order valence-corrected chi connectivity index (χ4v) is 15.1. The fraction of sp³-hybridized carbons (Fsp3) is 0.765. The summed E-state index contributed by atoms with van der Waals surface area (Å²) in [7, 11) is 0. The van der Waals surface area contributed by atoms with Gasteiger partial charge in [0.1, 0.15) is 0 Å². The minimum absolute atomic E-state index is 0.821. The molecule has 0 rings (SSSR count). The Kier molecular flexibility index (Phi) is 12.8. The Balaban J connectivity index is 4.44. The predicted molar refractivity (Wildman–Crippen MR) is 88.8 cm³/mol. The molecule has 0 bridgehead atoms. The van der Waals surface area contributed by atoms with E-state index in [9.17, 15) is 0 Å². The molecule has 0 spiro atoms. The van der Waals surface area contributed by atoms with Crippen LogP contribution in [0.5, 0.6) is 0 Å². The van der Waals surface area contributed by atoms with E-state index in [-0.39, 0.29) is 0 Å². The molecule has 0 N–H and O–H groups in total. The molecule has 0 unspecified atom stereocenters. The van der Waals surface area contributed by atoms with Gasteiger partial charge in [0, 0.05) is 0 Å². The van der Waals surface area contributed by atoms with Crippen LogP contribution < -0.4 is 0 Å². The van der Waals surface area contributed by atoms with E-state index < -0.39 is 18.4 Å². The van der Waals surface area contributed by atoms with Crippen molar-refractivity contribution < 1.29 is 4.74 Å². The Bertz CT molecular complexity index is 268. The van der Waals surface area contributed by atoms with E-state index in [1.54, 1.807) is 6.26 Å². The molecule has 0 aliphatic rings. The summed E-state index contributed by atoms with van der Waals surface area (Å²) in [6, 6.07) is 0. The molecule has 2 heteroatoms. The first-order valence-electron chi connectivity index (χ1n) is 8.04. The number of ether oxygens (including phenoxy) is 1. The van der Waals surface area contributed by atoms with Gasteiger partial charge < -0.3 is 0 Å². The van der Waals surface area contributed by atoms with E-state index >= 15 is 0 Å². The number of rotatable bonds is 10. The summed E-state index contributed by atoms with van der Waals surface area (Å²) in [5.74, 6) is 3.30. The normalized spacial score (nSPS) is 11.4. The third-order valence-electron chi connectivity index (χ3n) is 3.39. The molecule has 1 nitrogen and oxygen atoms in total. The molecule has 0 saturated heterocycles. The molecule has 0 saturated carbocycles. The van der Waals surface area contributed by atoms with Gasteiger partial charge in [-0.25, -0.2) is 0 Å². The van der Waals surface area contributed by atoms with Gasteiger partial charge in [0.15, 0.2) is 0 Å². The van der Waals surface area contributed by atoms with Crippen molar-refractivity contribution in [3.05, 3.63) is 12.3 Å². The number of hydrogen-bond donors (Lipinski definition) is 0. The summed E-state index contributed by atoms with van der Waals surface area (Å²) in [6.07, 6.45) is 9.93. The molecule has 0 aromatic carbocycles. The maximum atomic E-state index is 5.41. The molecule has 110 valence electrons. The molecule has 19 heavy (non-hydrogen) atoms. The molecule has 0 aromatic heterocycles. The van der Waals surface area contributed by atoms with Gasteiger partial charge in [0.25, 0.3) is 0 Å². The monoisotopic (exact) mass is 372 g/mol. The summed E-state index contributed by atoms with van der Waals surface area (Å²) >= 11 is -2.14. The van der Waals surface area contributed by atoms with E-state index in [1.165, 1.54) is 39.0 Å². The van der Waals surface area contributed by atoms with Crippen LogP contribution in [0.1, 0.15) is 59.8 Å². The molecule has 0 aromatic rings. The standard InChI is InChI=1S/C8H11O.3C3H7.Sn/c1-3-5-7-9-8-6-4-2;3*1-3-2;/h6,8H,3,5,7H2,1H3;3*1,3H2,2H3;. The minimum atomic E-state index is -2.14. The Labute approximate surface area is 125 Å². The van der Waals surface area contributed by atoms with E-state index in [4.69, 9.17) is 4.74 Å². The first kappa shape index (κ1) is 18.9. The van der Waals surface area contributed by atoms with Gasteiger partial charge in [-0.1, -0.05) is 0 Å². The number of hydrogen-bond acceptors (Lipinski definition) is 1. The number of allylic oxidation sites excluding steroid dienone is 1. The van der Waals surface area contributed by atoms with E-state index in [2.05, 4.69) is 37.6 Å². The molecular weight excluding hydrogens is 339 g/mol. The van der Waals surface area contributed by atoms with Gasteiger partial charge in [0.2, 0.25) is 0 Å².